The van der Waals surface area contributed by atoms with Gasteiger partial charge in [-0.2, -0.15) is 0 Å². The molecule has 0 bridgehead atoms. The lowest BCUT2D eigenvalue weighted by Gasteiger charge is -2.39. The number of nitrogens with one attached hydrogen (secondary N) is 1. The number of likely N-dealkylation sites (N-methyl/N-ethyl adjacent to an activating group) is 1. The molecule has 0 aromatic carbocycles. The topological polar surface area (TPSA) is 27.7 Å². The van der Waals surface area contributed by atoms with Gasteiger partial charge in [0.1, 0.15) is 0 Å². The predicted molar refractivity (Wildman–Crippen MR) is 70.4 cm³/mol. The van der Waals surface area contributed by atoms with Crippen molar-refractivity contribution >= 4 is 0 Å². The third-order valence-corrected chi connectivity index (χ3v) is 4.01. The van der Waals surface area contributed by atoms with Gasteiger partial charge in [-0.25, -0.2) is 0 Å². The third kappa shape index (κ3) is 3.65. The van der Waals surface area contributed by atoms with Crippen LogP contribution < -0.4 is 5.32 Å². The number of piperazine rings is 1. The monoisotopic (exact) mass is 241 g/mol. The first-order chi connectivity index (χ1) is 8.33. The minimum absolute atomic E-state index is 0.484. The zero-order valence-electron chi connectivity index (χ0n) is 11.3. The van der Waals surface area contributed by atoms with E-state index < -0.39 is 0 Å². The molecule has 2 aliphatic rings. The molecule has 0 radical (unpaired) electrons. The zero-order chi connectivity index (χ0) is 12.1. The Balaban J connectivity index is 1.77. The fourth-order valence-electron chi connectivity index (χ4n) is 3.20. The van der Waals surface area contributed by atoms with Gasteiger partial charge in [-0.1, -0.05) is 6.92 Å². The van der Waals surface area contributed by atoms with Gasteiger partial charge in [0.15, 0.2) is 0 Å². The number of methoxy groups -OCH3 is 1. The number of ether oxygens (including phenoxy) is 1. The van der Waals surface area contributed by atoms with Crippen LogP contribution in [0.4, 0.5) is 0 Å². The Labute approximate surface area is 105 Å². The molecule has 0 amide bonds. The first-order valence-corrected chi connectivity index (χ1v) is 7.02. The summed E-state index contributed by atoms with van der Waals surface area (Å²) < 4.78 is 5.29. The van der Waals surface area contributed by atoms with Gasteiger partial charge in [0, 0.05) is 45.4 Å². The van der Waals surface area contributed by atoms with Gasteiger partial charge in [0.05, 0.1) is 6.61 Å². The molecule has 4 nitrogen and oxygen atoms in total. The van der Waals surface area contributed by atoms with Crippen molar-refractivity contribution in [3.8, 4) is 0 Å². The summed E-state index contributed by atoms with van der Waals surface area (Å²) in [7, 11) is 1.79. The highest BCUT2D eigenvalue weighted by Gasteiger charge is 2.31. The Morgan fingerprint density at radius 2 is 2.24 bits per heavy atom. The molecule has 0 aromatic rings. The van der Waals surface area contributed by atoms with Crippen molar-refractivity contribution in [1.29, 1.82) is 0 Å². The van der Waals surface area contributed by atoms with Crippen molar-refractivity contribution in [3.63, 3.8) is 0 Å². The van der Waals surface area contributed by atoms with Crippen LogP contribution in [0, 0.1) is 0 Å². The molecule has 1 N–H and O–H groups in total. The summed E-state index contributed by atoms with van der Waals surface area (Å²) in [5, 5.41) is 3.51. The maximum atomic E-state index is 5.29. The Kier molecular flexibility index (Phi) is 5.22. The summed E-state index contributed by atoms with van der Waals surface area (Å²) in [6, 6.07) is 1.31. The van der Waals surface area contributed by atoms with Crippen LogP contribution in [0.2, 0.25) is 0 Å². The molecule has 4 heteroatoms. The van der Waals surface area contributed by atoms with Crippen molar-refractivity contribution in [2.45, 2.75) is 31.8 Å². The first kappa shape index (κ1) is 13.3. The molecule has 2 unspecified atom stereocenters. The van der Waals surface area contributed by atoms with E-state index in [9.17, 15) is 0 Å². The summed E-state index contributed by atoms with van der Waals surface area (Å²) in [5.41, 5.74) is 0. The van der Waals surface area contributed by atoms with Crippen molar-refractivity contribution in [3.05, 3.63) is 0 Å². The average molecular weight is 241 g/mol. The van der Waals surface area contributed by atoms with E-state index in [-0.39, 0.29) is 0 Å². The minimum Gasteiger partial charge on any atom is -0.383 e. The highest BCUT2D eigenvalue weighted by molar-refractivity contribution is 4.88. The fourth-order valence-corrected chi connectivity index (χ4v) is 3.20. The van der Waals surface area contributed by atoms with Gasteiger partial charge >= 0.3 is 0 Å². The Hall–Kier alpha value is -0.160. The lowest BCUT2D eigenvalue weighted by atomic mass is 10.1. The van der Waals surface area contributed by atoms with E-state index in [1.807, 2.05) is 0 Å². The van der Waals surface area contributed by atoms with Crippen LogP contribution in [-0.2, 0) is 4.74 Å². The Bertz CT molecular complexity index is 219. The first-order valence-electron chi connectivity index (χ1n) is 7.02. The molecular weight excluding hydrogens is 214 g/mol. The molecule has 2 saturated heterocycles. The summed E-state index contributed by atoms with van der Waals surface area (Å²) >= 11 is 0. The molecule has 2 fully saturated rings. The SMILES string of the molecule is CCNC(COC)CN1CCN2CCCC2C1. The van der Waals surface area contributed by atoms with Gasteiger partial charge in [-0.3, -0.25) is 9.80 Å². The van der Waals surface area contributed by atoms with Gasteiger partial charge in [0.25, 0.3) is 0 Å². The van der Waals surface area contributed by atoms with Crippen molar-refractivity contribution in [1.82, 2.24) is 15.1 Å². The number of hydrogen-bond acceptors (Lipinski definition) is 4. The second-order valence-corrected chi connectivity index (χ2v) is 5.30. The molecule has 0 aromatic heterocycles. The molecule has 0 aliphatic carbocycles. The molecule has 2 heterocycles. The summed E-state index contributed by atoms with van der Waals surface area (Å²) in [5.74, 6) is 0. The van der Waals surface area contributed by atoms with Crippen LogP contribution in [0.3, 0.4) is 0 Å². The highest BCUT2D eigenvalue weighted by Crippen LogP contribution is 2.21. The quantitative estimate of drug-likeness (QED) is 0.728. The maximum Gasteiger partial charge on any atom is 0.0628 e. The van der Waals surface area contributed by atoms with Crippen molar-refractivity contribution in [2.24, 2.45) is 0 Å². The van der Waals surface area contributed by atoms with Crippen LogP contribution >= 0.6 is 0 Å². The standard InChI is InChI=1S/C13H27N3O/c1-3-14-12(11-17-2)9-15-7-8-16-6-4-5-13(16)10-15/h12-14H,3-11H2,1-2H3. The van der Waals surface area contributed by atoms with E-state index in [1.54, 1.807) is 7.11 Å². The van der Waals surface area contributed by atoms with E-state index >= 15 is 0 Å². The third-order valence-electron chi connectivity index (χ3n) is 4.01. The van der Waals surface area contributed by atoms with E-state index in [0.29, 0.717) is 6.04 Å². The molecule has 2 atom stereocenters. The van der Waals surface area contributed by atoms with Crippen molar-refractivity contribution < 1.29 is 4.74 Å². The molecule has 0 saturated carbocycles. The van der Waals surface area contributed by atoms with Crippen LogP contribution in [0.1, 0.15) is 19.8 Å². The number of hydrogen-bond donors (Lipinski definition) is 1. The normalized spacial score (nSPS) is 28.2. The Morgan fingerprint density at radius 1 is 1.35 bits per heavy atom. The predicted octanol–water partition coefficient (Wildman–Crippen LogP) is 0.391. The largest absolute Gasteiger partial charge is 0.383 e. The van der Waals surface area contributed by atoms with E-state index in [2.05, 4.69) is 22.0 Å². The summed E-state index contributed by atoms with van der Waals surface area (Å²) in [6.07, 6.45) is 2.79. The van der Waals surface area contributed by atoms with E-state index in [1.165, 1.54) is 39.0 Å². The van der Waals surface area contributed by atoms with E-state index in [0.717, 1.165) is 25.7 Å². The number of rotatable bonds is 6. The molecule has 17 heavy (non-hydrogen) atoms. The summed E-state index contributed by atoms with van der Waals surface area (Å²) in [6.45, 7) is 10.2. The van der Waals surface area contributed by atoms with E-state index in [4.69, 9.17) is 4.74 Å². The summed E-state index contributed by atoms with van der Waals surface area (Å²) in [4.78, 5) is 5.27. The Morgan fingerprint density at radius 3 is 3.00 bits per heavy atom. The smallest absolute Gasteiger partial charge is 0.0628 e. The van der Waals surface area contributed by atoms with Crippen LogP contribution in [0.25, 0.3) is 0 Å². The molecule has 2 aliphatic heterocycles. The molecular formula is C13H27N3O. The fraction of sp³-hybridized carbons (Fsp3) is 1.00. The number of fused-ring (bicyclic) bond motifs is 1. The second-order valence-electron chi connectivity index (χ2n) is 5.30. The highest BCUT2D eigenvalue weighted by atomic mass is 16.5. The van der Waals surface area contributed by atoms with Crippen LogP contribution in [0.5, 0.6) is 0 Å². The van der Waals surface area contributed by atoms with Crippen LogP contribution in [0.15, 0.2) is 0 Å². The van der Waals surface area contributed by atoms with Gasteiger partial charge in [0.2, 0.25) is 0 Å². The molecule has 2 rings (SSSR count). The van der Waals surface area contributed by atoms with Gasteiger partial charge in [-0.05, 0) is 25.9 Å². The lowest BCUT2D eigenvalue weighted by molar-refractivity contribution is 0.0798. The molecule has 100 valence electrons. The van der Waals surface area contributed by atoms with Crippen LogP contribution in [-0.4, -0.2) is 74.9 Å². The number of nitrogens with zero attached hydrogens (tertiary/aromatic N) is 2. The van der Waals surface area contributed by atoms with Gasteiger partial charge in [-0.15, -0.1) is 0 Å². The minimum atomic E-state index is 0.484. The average Bonchev–Trinajstić information content (AvgIpc) is 2.77. The molecule has 0 spiro atoms. The zero-order valence-corrected chi connectivity index (χ0v) is 11.3. The maximum absolute atomic E-state index is 5.29. The van der Waals surface area contributed by atoms with Crippen molar-refractivity contribution in [2.75, 3.05) is 53.0 Å². The second kappa shape index (κ2) is 6.69. The lowest BCUT2D eigenvalue weighted by Crippen LogP contribution is -2.54. The van der Waals surface area contributed by atoms with Gasteiger partial charge < -0.3 is 10.1 Å².